The maximum Gasteiger partial charge on any atom is 0.341 e. The van der Waals surface area contributed by atoms with Gasteiger partial charge in [-0.05, 0) is 42.4 Å². The minimum atomic E-state index is -0.310. The van der Waals surface area contributed by atoms with Crippen molar-refractivity contribution in [1.29, 1.82) is 0 Å². The predicted molar refractivity (Wildman–Crippen MR) is 70.3 cm³/mol. The van der Waals surface area contributed by atoms with Gasteiger partial charge < -0.3 is 9.47 Å². The summed E-state index contributed by atoms with van der Waals surface area (Å²) in [5, 5.41) is 0. The van der Waals surface area contributed by atoms with Gasteiger partial charge in [-0.2, -0.15) is 0 Å². The van der Waals surface area contributed by atoms with Crippen LogP contribution in [0.1, 0.15) is 54.1 Å². The summed E-state index contributed by atoms with van der Waals surface area (Å²) < 4.78 is 10.6. The molecule has 0 amide bonds. The molecular formula is C15H20O3. The molecule has 1 aromatic carbocycles. The Bertz CT molecular complexity index is 449. The summed E-state index contributed by atoms with van der Waals surface area (Å²) in [6, 6.07) is 4.07. The Morgan fingerprint density at radius 3 is 2.78 bits per heavy atom. The van der Waals surface area contributed by atoms with Crippen molar-refractivity contribution >= 4 is 5.97 Å². The molecule has 1 aromatic rings. The summed E-state index contributed by atoms with van der Waals surface area (Å²) in [6.07, 6.45) is 3.11. The maximum atomic E-state index is 11.9. The standard InChI is InChI=1S/C15H20O3/c1-10(2)12-8-11-6-4-5-7-18-14(11)13(9-12)15(16)17-3/h8-10H,4-7H2,1-3H3. The lowest BCUT2D eigenvalue weighted by molar-refractivity contribution is 0.0596. The van der Waals surface area contributed by atoms with Crippen molar-refractivity contribution in [3.63, 3.8) is 0 Å². The number of fused-ring (bicyclic) bond motifs is 1. The smallest absolute Gasteiger partial charge is 0.341 e. The fourth-order valence-electron chi connectivity index (χ4n) is 2.26. The monoisotopic (exact) mass is 248 g/mol. The highest BCUT2D eigenvalue weighted by atomic mass is 16.5. The Morgan fingerprint density at radius 1 is 1.33 bits per heavy atom. The van der Waals surface area contributed by atoms with Gasteiger partial charge in [0.2, 0.25) is 0 Å². The molecule has 98 valence electrons. The molecule has 3 nitrogen and oxygen atoms in total. The van der Waals surface area contributed by atoms with Crippen molar-refractivity contribution < 1.29 is 14.3 Å². The third kappa shape index (κ3) is 2.50. The molecule has 1 heterocycles. The van der Waals surface area contributed by atoms with Crippen LogP contribution in [0.5, 0.6) is 5.75 Å². The van der Waals surface area contributed by atoms with E-state index in [1.54, 1.807) is 0 Å². The Hall–Kier alpha value is -1.51. The van der Waals surface area contributed by atoms with Crippen LogP contribution in [0.3, 0.4) is 0 Å². The molecule has 1 aliphatic heterocycles. The molecule has 0 atom stereocenters. The first-order chi connectivity index (χ1) is 8.63. The molecule has 0 radical (unpaired) electrons. The number of rotatable bonds is 2. The Balaban J connectivity index is 2.54. The molecule has 2 rings (SSSR count). The lowest BCUT2D eigenvalue weighted by atomic mass is 9.95. The number of esters is 1. The molecule has 0 N–H and O–H groups in total. The van der Waals surface area contributed by atoms with Crippen molar-refractivity contribution in [2.24, 2.45) is 0 Å². The molecule has 0 aliphatic carbocycles. The van der Waals surface area contributed by atoms with Gasteiger partial charge in [0.1, 0.15) is 11.3 Å². The number of ether oxygens (including phenoxy) is 2. The van der Waals surface area contributed by atoms with E-state index >= 15 is 0 Å². The highest BCUT2D eigenvalue weighted by molar-refractivity contribution is 5.93. The van der Waals surface area contributed by atoms with Crippen LogP contribution in [0.2, 0.25) is 0 Å². The number of hydrogen-bond acceptors (Lipinski definition) is 3. The quantitative estimate of drug-likeness (QED) is 0.753. The molecular weight excluding hydrogens is 228 g/mol. The molecule has 0 unspecified atom stereocenters. The maximum absolute atomic E-state index is 11.9. The molecule has 0 saturated heterocycles. The summed E-state index contributed by atoms with van der Waals surface area (Å²) >= 11 is 0. The fourth-order valence-corrected chi connectivity index (χ4v) is 2.26. The topological polar surface area (TPSA) is 35.5 Å². The highest BCUT2D eigenvalue weighted by Gasteiger charge is 2.21. The van der Waals surface area contributed by atoms with E-state index in [1.165, 1.54) is 12.7 Å². The molecule has 1 aliphatic rings. The molecule has 0 aromatic heterocycles. The van der Waals surface area contributed by atoms with Crippen molar-refractivity contribution in [3.8, 4) is 5.75 Å². The second kappa shape index (κ2) is 5.42. The largest absolute Gasteiger partial charge is 0.492 e. The van der Waals surface area contributed by atoms with E-state index < -0.39 is 0 Å². The number of benzene rings is 1. The van der Waals surface area contributed by atoms with Crippen LogP contribution in [-0.4, -0.2) is 19.7 Å². The van der Waals surface area contributed by atoms with E-state index in [2.05, 4.69) is 19.9 Å². The van der Waals surface area contributed by atoms with Gasteiger partial charge in [0, 0.05) is 0 Å². The van der Waals surface area contributed by atoms with Crippen LogP contribution in [-0.2, 0) is 11.2 Å². The van der Waals surface area contributed by atoms with E-state index in [4.69, 9.17) is 9.47 Å². The van der Waals surface area contributed by atoms with Crippen LogP contribution >= 0.6 is 0 Å². The number of aryl methyl sites for hydroxylation is 1. The van der Waals surface area contributed by atoms with Gasteiger partial charge in [-0.1, -0.05) is 19.9 Å². The third-order valence-electron chi connectivity index (χ3n) is 3.35. The van der Waals surface area contributed by atoms with Gasteiger partial charge in [-0.25, -0.2) is 4.79 Å². The average molecular weight is 248 g/mol. The van der Waals surface area contributed by atoms with Crippen molar-refractivity contribution in [2.45, 2.75) is 39.0 Å². The normalized spacial score (nSPS) is 14.7. The number of hydrogen-bond donors (Lipinski definition) is 0. The van der Waals surface area contributed by atoms with Crippen molar-refractivity contribution in [1.82, 2.24) is 0 Å². The Morgan fingerprint density at radius 2 is 2.11 bits per heavy atom. The fraction of sp³-hybridized carbons (Fsp3) is 0.533. The van der Waals surface area contributed by atoms with Crippen LogP contribution in [0, 0.1) is 0 Å². The molecule has 0 spiro atoms. The zero-order valence-corrected chi connectivity index (χ0v) is 11.3. The summed E-state index contributed by atoms with van der Waals surface area (Å²) in [6.45, 7) is 4.93. The summed E-state index contributed by atoms with van der Waals surface area (Å²) in [4.78, 5) is 11.9. The minimum Gasteiger partial charge on any atom is -0.492 e. The highest BCUT2D eigenvalue weighted by Crippen LogP contribution is 2.32. The molecule has 0 bridgehead atoms. The molecule has 18 heavy (non-hydrogen) atoms. The average Bonchev–Trinajstić information content (AvgIpc) is 2.61. The summed E-state index contributed by atoms with van der Waals surface area (Å²) in [7, 11) is 1.41. The second-order valence-electron chi connectivity index (χ2n) is 5.01. The first kappa shape index (κ1) is 12.9. The van der Waals surface area contributed by atoms with E-state index in [1.807, 2.05) is 6.07 Å². The van der Waals surface area contributed by atoms with Crippen LogP contribution in [0.15, 0.2) is 12.1 Å². The molecule has 3 heteroatoms. The van der Waals surface area contributed by atoms with E-state index in [-0.39, 0.29) is 5.97 Å². The molecule has 0 saturated carbocycles. The number of carbonyl (C=O) groups is 1. The van der Waals surface area contributed by atoms with Gasteiger partial charge in [-0.3, -0.25) is 0 Å². The number of methoxy groups -OCH3 is 1. The zero-order chi connectivity index (χ0) is 13.1. The van der Waals surface area contributed by atoms with Gasteiger partial charge in [0.15, 0.2) is 0 Å². The van der Waals surface area contributed by atoms with Crippen LogP contribution < -0.4 is 4.74 Å². The van der Waals surface area contributed by atoms with E-state index in [0.29, 0.717) is 18.1 Å². The first-order valence-corrected chi connectivity index (χ1v) is 6.51. The predicted octanol–water partition coefficient (Wildman–Crippen LogP) is 3.31. The molecule has 0 fully saturated rings. The van der Waals surface area contributed by atoms with Gasteiger partial charge in [-0.15, -0.1) is 0 Å². The zero-order valence-electron chi connectivity index (χ0n) is 11.3. The summed E-state index contributed by atoms with van der Waals surface area (Å²) in [5.41, 5.74) is 2.87. The minimum absolute atomic E-state index is 0.310. The van der Waals surface area contributed by atoms with Crippen LogP contribution in [0.4, 0.5) is 0 Å². The third-order valence-corrected chi connectivity index (χ3v) is 3.35. The van der Waals surface area contributed by atoms with Gasteiger partial charge >= 0.3 is 5.97 Å². The van der Waals surface area contributed by atoms with Crippen molar-refractivity contribution in [2.75, 3.05) is 13.7 Å². The van der Waals surface area contributed by atoms with Gasteiger partial charge in [0.25, 0.3) is 0 Å². The van der Waals surface area contributed by atoms with E-state index in [0.717, 1.165) is 30.6 Å². The number of carbonyl (C=O) groups excluding carboxylic acids is 1. The van der Waals surface area contributed by atoms with E-state index in [9.17, 15) is 4.79 Å². The van der Waals surface area contributed by atoms with Gasteiger partial charge in [0.05, 0.1) is 13.7 Å². The second-order valence-corrected chi connectivity index (χ2v) is 5.01. The SMILES string of the molecule is COC(=O)c1cc(C(C)C)cc2c1OCCCC2. The first-order valence-electron chi connectivity index (χ1n) is 6.51. The summed E-state index contributed by atoms with van der Waals surface area (Å²) in [5.74, 6) is 0.807. The Kier molecular flexibility index (Phi) is 3.90. The van der Waals surface area contributed by atoms with Crippen molar-refractivity contribution in [3.05, 3.63) is 28.8 Å². The lowest BCUT2D eigenvalue weighted by Crippen LogP contribution is -2.08. The van der Waals surface area contributed by atoms with Crippen LogP contribution in [0.25, 0.3) is 0 Å². The Labute approximate surface area is 108 Å². The lowest BCUT2D eigenvalue weighted by Gasteiger charge is -2.15.